The van der Waals surface area contributed by atoms with E-state index in [1.165, 1.54) is 12.4 Å². The molecule has 0 aliphatic rings. The standard InChI is InChI=1S/C7H9F2N3/c8-7(9)5-11-4-6-3-10-1-2-12-6/h1-3,7,11H,4-5H2. The van der Waals surface area contributed by atoms with Crippen molar-refractivity contribution >= 4 is 0 Å². The minimum atomic E-state index is -2.32. The van der Waals surface area contributed by atoms with Crippen LogP contribution in [0.4, 0.5) is 8.78 Å². The highest BCUT2D eigenvalue weighted by Crippen LogP contribution is 1.91. The second kappa shape index (κ2) is 4.71. The first-order valence-electron chi connectivity index (χ1n) is 3.53. The summed E-state index contributed by atoms with van der Waals surface area (Å²) in [5, 5.41) is 2.55. The minimum absolute atomic E-state index is 0.309. The molecular weight excluding hydrogens is 164 g/mol. The Morgan fingerprint density at radius 1 is 1.42 bits per heavy atom. The molecule has 1 aromatic heterocycles. The SMILES string of the molecule is FC(F)CNCc1cnccn1. The number of hydrogen-bond donors (Lipinski definition) is 1. The van der Waals surface area contributed by atoms with Gasteiger partial charge in [-0.3, -0.25) is 9.97 Å². The Balaban J connectivity index is 2.25. The van der Waals surface area contributed by atoms with E-state index in [2.05, 4.69) is 15.3 Å². The molecule has 0 fully saturated rings. The van der Waals surface area contributed by atoms with Crippen LogP contribution in [0.25, 0.3) is 0 Å². The maximum Gasteiger partial charge on any atom is 0.250 e. The van der Waals surface area contributed by atoms with Gasteiger partial charge in [-0.15, -0.1) is 0 Å². The zero-order valence-electron chi connectivity index (χ0n) is 6.37. The summed E-state index contributed by atoms with van der Waals surface area (Å²) < 4.78 is 23.3. The number of hydrogen-bond acceptors (Lipinski definition) is 3. The molecule has 1 rings (SSSR count). The Morgan fingerprint density at radius 3 is 2.83 bits per heavy atom. The van der Waals surface area contributed by atoms with E-state index >= 15 is 0 Å². The molecule has 0 atom stereocenters. The molecule has 0 bridgehead atoms. The lowest BCUT2D eigenvalue weighted by molar-refractivity contribution is 0.145. The van der Waals surface area contributed by atoms with E-state index in [4.69, 9.17) is 0 Å². The molecule has 1 heterocycles. The van der Waals surface area contributed by atoms with E-state index in [0.29, 0.717) is 12.2 Å². The van der Waals surface area contributed by atoms with Crippen molar-refractivity contribution in [1.29, 1.82) is 0 Å². The first-order valence-corrected chi connectivity index (χ1v) is 3.53. The first-order chi connectivity index (χ1) is 5.79. The maximum atomic E-state index is 11.6. The fourth-order valence-corrected chi connectivity index (χ4v) is 0.731. The van der Waals surface area contributed by atoms with Crippen molar-refractivity contribution in [3.63, 3.8) is 0 Å². The third-order valence-electron chi connectivity index (χ3n) is 1.22. The molecule has 1 N–H and O–H groups in total. The minimum Gasteiger partial charge on any atom is -0.306 e. The summed E-state index contributed by atoms with van der Waals surface area (Å²) in [6, 6.07) is 0. The van der Waals surface area contributed by atoms with Gasteiger partial charge in [0, 0.05) is 25.1 Å². The fraction of sp³-hybridized carbons (Fsp3) is 0.429. The first kappa shape index (κ1) is 8.99. The van der Waals surface area contributed by atoms with Crippen molar-refractivity contribution in [3.8, 4) is 0 Å². The van der Waals surface area contributed by atoms with Gasteiger partial charge in [-0.05, 0) is 0 Å². The van der Waals surface area contributed by atoms with Crippen molar-refractivity contribution in [3.05, 3.63) is 24.3 Å². The zero-order chi connectivity index (χ0) is 8.81. The van der Waals surface area contributed by atoms with E-state index in [1.807, 2.05) is 0 Å². The summed E-state index contributed by atoms with van der Waals surface area (Å²) in [7, 11) is 0. The highest BCUT2D eigenvalue weighted by molar-refractivity contribution is 4.93. The fourth-order valence-electron chi connectivity index (χ4n) is 0.731. The Morgan fingerprint density at radius 2 is 2.25 bits per heavy atom. The Bertz CT molecular complexity index is 215. The van der Waals surface area contributed by atoms with Crippen molar-refractivity contribution in [2.45, 2.75) is 13.0 Å². The van der Waals surface area contributed by atoms with Gasteiger partial charge in [0.05, 0.1) is 12.2 Å². The van der Waals surface area contributed by atoms with Gasteiger partial charge in [-0.25, -0.2) is 8.78 Å². The van der Waals surface area contributed by atoms with Crippen molar-refractivity contribution in [2.24, 2.45) is 0 Å². The quantitative estimate of drug-likeness (QED) is 0.732. The number of nitrogens with zero attached hydrogens (tertiary/aromatic N) is 2. The van der Waals surface area contributed by atoms with Crippen LogP contribution in [0.3, 0.4) is 0 Å². The molecule has 5 heteroatoms. The molecule has 0 saturated carbocycles. The number of alkyl halides is 2. The molecule has 0 saturated heterocycles. The number of aromatic nitrogens is 2. The van der Waals surface area contributed by atoms with Gasteiger partial charge in [0.2, 0.25) is 0 Å². The van der Waals surface area contributed by atoms with Crippen LogP contribution in [0.1, 0.15) is 5.69 Å². The molecule has 0 aliphatic carbocycles. The third-order valence-corrected chi connectivity index (χ3v) is 1.22. The van der Waals surface area contributed by atoms with Gasteiger partial charge in [-0.1, -0.05) is 0 Å². The van der Waals surface area contributed by atoms with Crippen molar-refractivity contribution < 1.29 is 8.78 Å². The van der Waals surface area contributed by atoms with Crippen LogP contribution in [0.5, 0.6) is 0 Å². The summed E-state index contributed by atoms with van der Waals surface area (Å²) in [6.07, 6.45) is 2.29. The predicted molar refractivity (Wildman–Crippen MR) is 39.7 cm³/mol. The van der Waals surface area contributed by atoms with E-state index in [9.17, 15) is 8.78 Å². The van der Waals surface area contributed by atoms with Crippen molar-refractivity contribution in [2.75, 3.05) is 6.54 Å². The second-order valence-electron chi connectivity index (χ2n) is 2.22. The Kier molecular flexibility index (Phi) is 3.53. The molecule has 1 aromatic rings. The lowest BCUT2D eigenvalue weighted by Gasteiger charge is -2.01. The number of rotatable bonds is 4. The van der Waals surface area contributed by atoms with E-state index in [0.717, 1.165) is 0 Å². The van der Waals surface area contributed by atoms with Gasteiger partial charge < -0.3 is 5.32 Å². The van der Waals surface area contributed by atoms with E-state index in [1.54, 1.807) is 6.20 Å². The van der Waals surface area contributed by atoms with E-state index in [-0.39, 0.29) is 6.54 Å². The highest BCUT2D eigenvalue weighted by atomic mass is 19.3. The molecular formula is C7H9F2N3. The lowest BCUT2D eigenvalue weighted by atomic mass is 10.4. The summed E-state index contributed by atoms with van der Waals surface area (Å²) in [5.41, 5.74) is 0.665. The predicted octanol–water partition coefficient (Wildman–Crippen LogP) is 0.831. The smallest absolute Gasteiger partial charge is 0.250 e. The van der Waals surface area contributed by atoms with Crippen LogP contribution in [0, 0.1) is 0 Å². The lowest BCUT2D eigenvalue weighted by Crippen LogP contribution is -2.21. The van der Waals surface area contributed by atoms with Gasteiger partial charge in [0.15, 0.2) is 0 Å². The summed E-state index contributed by atoms with van der Waals surface area (Å²) in [4.78, 5) is 7.70. The Labute approximate surface area is 68.8 Å². The number of nitrogens with one attached hydrogen (secondary N) is 1. The summed E-state index contributed by atoms with van der Waals surface area (Å²) in [6.45, 7) is 0.0226. The maximum absolute atomic E-state index is 11.6. The highest BCUT2D eigenvalue weighted by Gasteiger charge is 2.00. The molecule has 3 nitrogen and oxygen atoms in total. The topological polar surface area (TPSA) is 37.8 Å². The van der Waals surface area contributed by atoms with Gasteiger partial charge >= 0.3 is 0 Å². The molecule has 0 spiro atoms. The summed E-state index contributed by atoms with van der Waals surface area (Å²) >= 11 is 0. The van der Waals surface area contributed by atoms with Gasteiger partial charge in [0.1, 0.15) is 0 Å². The van der Waals surface area contributed by atoms with Gasteiger partial charge in [-0.2, -0.15) is 0 Å². The van der Waals surface area contributed by atoms with Crippen molar-refractivity contribution in [1.82, 2.24) is 15.3 Å². The van der Waals surface area contributed by atoms with Crippen LogP contribution < -0.4 is 5.32 Å². The van der Waals surface area contributed by atoms with Crippen LogP contribution in [-0.2, 0) is 6.54 Å². The van der Waals surface area contributed by atoms with Crippen LogP contribution in [0.15, 0.2) is 18.6 Å². The van der Waals surface area contributed by atoms with Crippen LogP contribution in [0.2, 0.25) is 0 Å². The molecule has 0 aliphatic heterocycles. The zero-order valence-corrected chi connectivity index (χ0v) is 6.37. The average Bonchev–Trinajstić information content (AvgIpc) is 2.05. The molecule has 0 radical (unpaired) electrons. The Hall–Kier alpha value is -1.10. The van der Waals surface area contributed by atoms with Crippen LogP contribution in [-0.4, -0.2) is 22.9 Å². The summed E-state index contributed by atoms with van der Waals surface area (Å²) in [5.74, 6) is 0. The van der Waals surface area contributed by atoms with Crippen LogP contribution >= 0.6 is 0 Å². The molecule has 0 aromatic carbocycles. The molecule has 0 amide bonds. The molecule has 12 heavy (non-hydrogen) atoms. The van der Waals surface area contributed by atoms with Gasteiger partial charge in [0.25, 0.3) is 6.43 Å². The molecule has 0 unspecified atom stereocenters. The second-order valence-corrected chi connectivity index (χ2v) is 2.22. The normalized spacial score (nSPS) is 10.6. The number of halogens is 2. The third kappa shape index (κ3) is 3.34. The monoisotopic (exact) mass is 173 g/mol. The molecule has 66 valence electrons. The largest absolute Gasteiger partial charge is 0.306 e. The van der Waals surface area contributed by atoms with E-state index < -0.39 is 6.43 Å². The average molecular weight is 173 g/mol.